The molecule has 1 aliphatic heterocycles. The van der Waals surface area contributed by atoms with Crippen LogP contribution >= 0.6 is 0 Å². The van der Waals surface area contributed by atoms with Gasteiger partial charge in [-0.25, -0.2) is 0 Å². The van der Waals surface area contributed by atoms with E-state index in [1.54, 1.807) is 36.4 Å². The van der Waals surface area contributed by atoms with Crippen LogP contribution in [0.5, 0.6) is 0 Å². The van der Waals surface area contributed by atoms with Gasteiger partial charge < -0.3 is 5.32 Å². The molecular weight excluding hydrogens is 485 g/mol. The summed E-state index contributed by atoms with van der Waals surface area (Å²) in [5, 5.41) is 17.2. The van der Waals surface area contributed by atoms with E-state index in [0.717, 1.165) is 36.0 Å². The summed E-state index contributed by atoms with van der Waals surface area (Å²) in [7, 11) is 0. The number of aryl methyl sites for hydroxylation is 1. The Morgan fingerprint density at radius 2 is 1.76 bits per heavy atom. The van der Waals surface area contributed by atoms with Crippen LogP contribution in [0.25, 0.3) is 11.1 Å². The van der Waals surface area contributed by atoms with Gasteiger partial charge in [-0.3, -0.25) is 14.9 Å². The molecule has 0 fully saturated rings. The summed E-state index contributed by atoms with van der Waals surface area (Å²) in [6.45, 7) is 1.83. The molecule has 8 nitrogen and oxygen atoms in total. The molecule has 2 aromatic carbocycles. The van der Waals surface area contributed by atoms with Gasteiger partial charge in [-0.15, -0.1) is 5.10 Å². The van der Waals surface area contributed by atoms with E-state index < -0.39 is 35.5 Å². The van der Waals surface area contributed by atoms with Crippen molar-refractivity contribution in [2.24, 2.45) is 0 Å². The summed E-state index contributed by atoms with van der Waals surface area (Å²) in [4.78, 5) is 26.4. The van der Waals surface area contributed by atoms with Crippen LogP contribution in [0.4, 0.5) is 19.1 Å². The van der Waals surface area contributed by atoms with Crippen LogP contribution in [-0.2, 0) is 15.1 Å². The summed E-state index contributed by atoms with van der Waals surface area (Å²) in [5.41, 5.74) is -0.163. The van der Waals surface area contributed by atoms with Gasteiger partial charge >= 0.3 is 6.18 Å². The highest BCUT2D eigenvalue weighted by molar-refractivity contribution is 6.28. The van der Waals surface area contributed by atoms with Crippen molar-refractivity contribution in [1.29, 1.82) is 0 Å². The third-order valence-electron chi connectivity index (χ3n) is 6.77. The molecule has 1 aliphatic carbocycles. The molecule has 0 saturated heterocycles. The first-order valence-corrected chi connectivity index (χ1v) is 11.7. The number of aromatic amines is 1. The first kappa shape index (κ1) is 24.4. The third kappa shape index (κ3) is 4.52. The van der Waals surface area contributed by atoms with E-state index in [2.05, 4.69) is 37.3 Å². The van der Waals surface area contributed by atoms with E-state index in [0.29, 0.717) is 5.56 Å². The van der Waals surface area contributed by atoms with Crippen LogP contribution < -0.4 is 10.6 Å². The lowest BCUT2D eigenvalue weighted by Crippen LogP contribution is -2.59. The molecule has 0 radical (unpaired) electrons. The quantitative estimate of drug-likeness (QED) is 0.441. The number of anilines is 1. The minimum absolute atomic E-state index is 0.0374. The number of tetrazole rings is 1. The second-order valence-corrected chi connectivity index (χ2v) is 9.14. The van der Waals surface area contributed by atoms with Crippen molar-refractivity contribution in [2.75, 3.05) is 5.32 Å². The van der Waals surface area contributed by atoms with Crippen LogP contribution in [0.15, 0.2) is 60.2 Å². The van der Waals surface area contributed by atoms with E-state index in [1.165, 1.54) is 12.1 Å². The smallest absolute Gasteiger partial charge is 0.334 e. The molecule has 190 valence electrons. The lowest BCUT2D eigenvalue weighted by Gasteiger charge is -2.41. The molecule has 0 bridgehead atoms. The molecule has 1 aromatic heterocycles. The number of rotatable bonds is 5. The number of halogens is 3. The van der Waals surface area contributed by atoms with Crippen molar-refractivity contribution in [3.63, 3.8) is 0 Å². The van der Waals surface area contributed by atoms with Gasteiger partial charge in [0, 0.05) is 6.42 Å². The Hall–Kier alpha value is -4.28. The third-order valence-corrected chi connectivity index (χ3v) is 6.77. The maximum Gasteiger partial charge on any atom is 0.416 e. The number of benzene rings is 2. The molecule has 3 N–H and O–H groups in total. The zero-order chi connectivity index (χ0) is 26.2. The van der Waals surface area contributed by atoms with E-state index in [4.69, 9.17) is 0 Å². The second-order valence-electron chi connectivity index (χ2n) is 9.14. The van der Waals surface area contributed by atoms with Crippen molar-refractivity contribution in [3.8, 4) is 0 Å². The summed E-state index contributed by atoms with van der Waals surface area (Å²) in [6, 6.07) is 12.7. The van der Waals surface area contributed by atoms with Gasteiger partial charge in [-0.1, -0.05) is 65.3 Å². The zero-order valence-corrected chi connectivity index (χ0v) is 19.8. The maximum absolute atomic E-state index is 14.9. The molecule has 0 saturated carbocycles. The Balaban J connectivity index is 1.62. The summed E-state index contributed by atoms with van der Waals surface area (Å²) < 4.78 is 44.6. The Labute approximate surface area is 210 Å². The number of hydrogen-bond acceptors (Lipinski definition) is 5. The average Bonchev–Trinajstić information content (AvgIpc) is 3.58. The molecule has 2 amide bonds. The Kier molecular flexibility index (Phi) is 6.14. The van der Waals surface area contributed by atoms with Crippen LogP contribution in [0.3, 0.4) is 0 Å². The highest BCUT2D eigenvalue weighted by atomic mass is 19.4. The van der Waals surface area contributed by atoms with Crippen molar-refractivity contribution in [2.45, 2.75) is 44.3 Å². The summed E-state index contributed by atoms with van der Waals surface area (Å²) in [6.07, 6.45) is -0.619. The first-order chi connectivity index (χ1) is 17.7. The minimum atomic E-state index is -4.86. The molecule has 37 heavy (non-hydrogen) atoms. The standard InChI is InChI=1S/C26H23F3N6O2/c1-15-6-8-18(9-7-15)20-14-25(26(27,28)29,19-12-10-17(11-13-19)16-4-2-3-5-16)31-23(37)21(20)22(36)30-24-32-34-35-33-24/h4,6-13H,2-3,5,14H2,1H3,(H,31,37)(H2,30,32,33,34,35,36). The number of carbonyl (C=O) groups excluding carboxylic acids is 2. The molecule has 2 heterocycles. The first-order valence-electron chi connectivity index (χ1n) is 11.7. The molecule has 5 rings (SSSR count). The fourth-order valence-corrected chi connectivity index (χ4v) is 4.82. The van der Waals surface area contributed by atoms with Crippen LogP contribution in [0.2, 0.25) is 0 Å². The van der Waals surface area contributed by atoms with Crippen LogP contribution in [0, 0.1) is 6.92 Å². The van der Waals surface area contributed by atoms with Gasteiger partial charge in [0.1, 0.15) is 5.57 Å². The van der Waals surface area contributed by atoms with Gasteiger partial charge in [0.15, 0.2) is 5.54 Å². The van der Waals surface area contributed by atoms with E-state index in [-0.39, 0.29) is 17.1 Å². The Morgan fingerprint density at radius 1 is 1.05 bits per heavy atom. The normalized spacial score (nSPS) is 20.0. The second kappa shape index (κ2) is 9.30. The number of H-pyrrole nitrogens is 1. The number of carbonyl (C=O) groups is 2. The fraction of sp³-hybridized carbons (Fsp3) is 0.269. The van der Waals surface area contributed by atoms with Gasteiger partial charge in [0.2, 0.25) is 0 Å². The van der Waals surface area contributed by atoms with E-state index in [1.807, 2.05) is 6.92 Å². The summed E-state index contributed by atoms with van der Waals surface area (Å²) >= 11 is 0. The number of nitrogens with zero attached hydrogens (tertiary/aromatic N) is 3. The van der Waals surface area contributed by atoms with Gasteiger partial charge in [0.25, 0.3) is 17.8 Å². The highest BCUT2D eigenvalue weighted by Gasteiger charge is 2.60. The lowest BCUT2D eigenvalue weighted by atomic mass is 9.76. The highest BCUT2D eigenvalue weighted by Crippen LogP contribution is 2.48. The maximum atomic E-state index is 14.9. The average molecular weight is 509 g/mol. The van der Waals surface area contributed by atoms with Crippen molar-refractivity contribution < 1.29 is 22.8 Å². The molecule has 11 heteroatoms. The predicted molar refractivity (Wildman–Crippen MR) is 130 cm³/mol. The Bertz CT molecular complexity index is 1390. The minimum Gasteiger partial charge on any atom is -0.334 e. The Morgan fingerprint density at radius 3 is 2.35 bits per heavy atom. The topological polar surface area (TPSA) is 113 Å². The molecule has 1 atom stereocenters. The lowest BCUT2D eigenvalue weighted by molar-refractivity contribution is -0.201. The fourth-order valence-electron chi connectivity index (χ4n) is 4.82. The van der Waals surface area contributed by atoms with Crippen molar-refractivity contribution in [3.05, 3.63) is 82.4 Å². The molecule has 3 aromatic rings. The number of nitrogens with one attached hydrogen (secondary N) is 3. The van der Waals surface area contributed by atoms with Gasteiger partial charge in [-0.2, -0.15) is 18.4 Å². The van der Waals surface area contributed by atoms with Crippen LogP contribution in [0.1, 0.15) is 47.9 Å². The number of alkyl halides is 3. The predicted octanol–water partition coefficient (Wildman–Crippen LogP) is 4.45. The largest absolute Gasteiger partial charge is 0.416 e. The molecule has 2 aliphatic rings. The number of amides is 2. The summed E-state index contributed by atoms with van der Waals surface area (Å²) in [5.74, 6) is -2.30. The SMILES string of the molecule is Cc1ccc(C2=C(C(=O)Nc3nn[nH]n3)C(=O)NC(c3ccc(C4=CCCC4)cc3)(C(F)(F)F)C2)cc1. The number of aromatic nitrogens is 4. The van der Waals surface area contributed by atoms with E-state index >= 15 is 0 Å². The van der Waals surface area contributed by atoms with Crippen molar-refractivity contribution in [1.82, 2.24) is 25.9 Å². The van der Waals surface area contributed by atoms with E-state index in [9.17, 15) is 22.8 Å². The number of allylic oxidation sites excluding steroid dienone is 2. The van der Waals surface area contributed by atoms with Gasteiger partial charge in [0.05, 0.1) is 0 Å². The van der Waals surface area contributed by atoms with Gasteiger partial charge in [-0.05, 0) is 59.2 Å². The monoisotopic (exact) mass is 508 g/mol. The molecule has 0 spiro atoms. The zero-order valence-electron chi connectivity index (χ0n) is 19.8. The molecular formula is C26H23F3N6O2. The number of hydrogen-bond donors (Lipinski definition) is 3. The van der Waals surface area contributed by atoms with Crippen LogP contribution in [-0.4, -0.2) is 38.6 Å². The molecule has 1 unspecified atom stereocenters. The van der Waals surface area contributed by atoms with Crippen molar-refractivity contribution >= 4 is 28.9 Å².